The molecule has 0 spiro atoms. The zero-order valence-electron chi connectivity index (χ0n) is 11.1. The van der Waals surface area contributed by atoms with Crippen molar-refractivity contribution in [3.63, 3.8) is 0 Å². The van der Waals surface area contributed by atoms with Crippen LogP contribution in [-0.4, -0.2) is 31.6 Å². The van der Waals surface area contributed by atoms with Crippen molar-refractivity contribution in [2.45, 2.75) is 20.3 Å². The summed E-state index contributed by atoms with van der Waals surface area (Å²) in [5.41, 5.74) is 1.40. The van der Waals surface area contributed by atoms with Crippen molar-refractivity contribution in [2.75, 3.05) is 31.6 Å². The van der Waals surface area contributed by atoms with E-state index in [1.54, 1.807) is 11.8 Å². The van der Waals surface area contributed by atoms with E-state index in [4.69, 9.17) is 4.74 Å². The van der Waals surface area contributed by atoms with Gasteiger partial charge in [-0.05, 0) is 37.2 Å². The largest absolute Gasteiger partial charge is 0.492 e. The van der Waals surface area contributed by atoms with Crippen molar-refractivity contribution < 1.29 is 4.74 Å². The van der Waals surface area contributed by atoms with Gasteiger partial charge in [-0.2, -0.15) is 0 Å². The standard InChI is InChI=1S/C13H18OS4/c1-15-9-5-6-10(16-2)12-11(9)13(17-3,18-4)7-8-14-12/h5-6H,7-8H2,1-4H3. The zero-order chi connectivity index (χ0) is 13.2. The second-order valence-electron chi connectivity index (χ2n) is 3.93. The Morgan fingerprint density at radius 2 is 1.61 bits per heavy atom. The predicted molar refractivity (Wildman–Crippen MR) is 88.8 cm³/mol. The maximum atomic E-state index is 5.99. The third-order valence-corrected chi connectivity index (χ3v) is 7.92. The van der Waals surface area contributed by atoms with Gasteiger partial charge in [-0.25, -0.2) is 0 Å². The van der Waals surface area contributed by atoms with Crippen LogP contribution in [0.5, 0.6) is 5.75 Å². The molecule has 1 aromatic rings. The Labute approximate surface area is 127 Å². The highest BCUT2D eigenvalue weighted by molar-refractivity contribution is 8.17. The Balaban J connectivity index is 2.66. The Bertz CT molecular complexity index is 429. The zero-order valence-corrected chi connectivity index (χ0v) is 14.4. The average molecular weight is 319 g/mol. The quantitative estimate of drug-likeness (QED) is 0.581. The molecule has 0 unspecified atom stereocenters. The molecule has 1 aliphatic rings. The molecule has 0 radical (unpaired) electrons. The molecule has 5 heteroatoms. The van der Waals surface area contributed by atoms with Crippen molar-refractivity contribution in [1.29, 1.82) is 0 Å². The van der Waals surface area contributed by atoms with Crippen LogP contribution < -0.4 is 4.74 Å². The van der Waals surface area contributed by atoms with E-state index in [0.717, 1.165) is 18.8 Å². The van der Waals surface area contributed by atoms with E-state index >= 15 is 0 Å². The monoisotopic (exact) mass is 318 g/mol. The molecule has 0 aliphatic carbocycles. The topological polar surface area (TPSA) is 9.23 Å². The molecule has 0 N–H and O–H groups in total. The first-order valence-electron chi connectivity index (χ1n) is 5.71. The van der Waals surface area contributed by atoms with Gasteiger partial charge in [-0.3, -0.25) is 0 Å². The van der Waals surface area contributed by atoms with Crippen molar-refractivity contribution in [2.24, 2.45) is 0 Å². The van der Waals surface area contributed by atoms with Gasteiger partial charge in [0.15, 0.2) is 0 Å². The number of thioether (sulfide) groups is 4. The van der Waals surface area contributed by atoms with E-state index in [1.807, 2.05) is 35.3 Å². The van der Waals surface area contributed by atoms with Gasteiger partial charge < -0.3 is 4.74 Å². The molecule has 0 amide bonds. The van der Waals surface area contributed by atoms with Crippen LogP contribution in [0.4, 0.5) is 0 Å². The van der Waals surface area contributed by atoms with E-state index in [1.165, 1.54) is 15.4 Å². The Morgan fingerprint density at radius 1 is 1.00 bits per heavy atom. The molecular weight excluding hydrogens is 300 g/mol. The van der Waals surface area contributed by atoms with Crippen LogP contribution in [0.3, 0.4) is 0 Å². The third kappa shape index (κ3) is 2.39. The molecule has 18 heavy (non-hydrogen) atoms. The Kier molecular flexibility index (Phi) is 5.14. The molecule has 0 saturated carbocycles. The lowest BCUT2D eigenvalue weighted by Crippen LogP contribution is -2.27. The lowest BCUT2D eigenvalue weighted by atomic mass is 10.1. The first-order chi connectivity index (χ1) is 8.72. The molecule has 2 rings (SSSR count). The lowest BCUT2D eigenvalue weighted by Gasteiger charge is -2.38. The molecule has 1 heterocycles. The summed E-state index contributed by atoms with van der Waals surface area (Å²) in [4.78, 5) is 2.61. The van der Waals surface area contributed by atoms with E-state index in [0.29, 0.717) is 0 Å². The van der Waals surface area contributed by atoms with E-state index in [2.05, 4.69) is 37.2 Å². The SMILES string of the molecule is CSc1ccc(SC)c2c1OCCC2(SC)SC. The number of fused-ring (bicyclic) bond motifs is 1. The minimum absolute atomic E-state index is 0.150. The Hall–Kier alpha value is 0.420. The maximum absolute atomic E-state index is 5.99. The highest BCUT2D eigenvalue weighted by atomic mass is 32.2. The summed E-state index contributed by atoms with van der Waals surface area (Å²) < 4.78 is 6.14. The normalized spacial score (nSPS) is 17.1. The smallest absolute Gasteiger partial charge is 0.139 e. The predicted octanol–water partition coefficient (Wildman–Crippen LogP) is 4.79. The second-order valence-corrected chi connectivity index (χ2v) is 8.10. The highest BCUT2D eigenvalue weighted by Gasteiger charge is 2.39. The van der Waals surface area contributed by atoms with Crippen LogP contribution in [0.1, 0.15) is 12.0 Å². The van der Waals surface area contributed by atoms with Gasteiger partial charge in [0, 0.05) is 21.8 Å². The third-order valence-electron chi connectivity index (χ3n) is 3.24. The van der Waals surface area contributed by atoms with Crippen molar-refractivity contribution >= 4 is 47.0 Å². The fraction of sp³-hybridized carbons (Fsp3) is 0.538. The van der Waals surface area contributed by atoms with Gasteiger partial charge in [-0.1, -0.05) is 0 Å². The van der Waals surface area contributed by atoms with Crippen molar-refractivity contribution in [3.8, 4) is 5.75 Å². The minimum atomic E-state index is 0.150. The number of rotatable bonds is 4. The van der Waals surface area contributed by atoms with Crippen LogP contribution >= 0.6 is 47.0 Å². The Morgan fingerprint density at radius 3 is 2.17 bits per heavy atom. The lowest BCUT2D eigenvalue weighted by molar-refractivity contribution is 0.271. The molecule has 0 bridgehead atoms. The van der Waals surface area contributed by atoms with E-state index < -0.39 is 0 Å². The van der Waals surface area contributed by atoms with Gasteiger partial charge in [0.2, 0.25) is 0 Å². The molecule has 100 valence electrons. The summed E-state index contributed by atoms with van der Waals surface area (Å²) in [7, 11) is 0. The number of hydrogen-bond acceptors (Lipinski definition) is 5. The minimum Gasteiger partial charge on any atom is -0.492 e. The molecule has 0 fully saturated rings. The van der Waals surface area contributed by atoms with Crippen LogP contribution in [0, 0.1) is 0 Å². The number of benzene rings is 1. The van der Waals surface area contributed by atoms with Gasteiger partial charge in [-0.15, -0.1) is 47.0 Å². The summed E-state index contributed by atoms with van der Waals surface area (Å²) in [6.45, 7) is 0.820. The highest BCUT2D eigenvalue weighted by Crippen LogP contribution is 2.56. The maximum Gasteiger partial charge on any atom is 0.139 e. The molecule has 0 atom stereocenters. The first-order valence-corrected chi connectivity index (χ1v) is 10.6. The number of hydrogen-bond donors (Lipinski definition) is 0. The molecule has 0 aromatic heterocycles. The summed E-state index contributed by atoms with van der Waals surface area (Å²) in [5.74, 6) is 1.12. The second kappa shape index (κ2) is 6.25. The molecule has 1 nitrogen and oxygen atoms in total. The van der Waals surface area contributed by atoms with Crippen LogP contribution in [0.15, 0.2) is 21.9 Å². The average Bonchev–Trinajstić information content (AvgIpc) is 2.45. The summed E-state index contributed by atoms with van der Waals surface area (Å²) >= 11 is 7.48. The summed E-state index contributed by atoms with van der Waals surface area (Å²) in [6, 6.07) is 4.43. The molecule has 1 aliphatic heterocycles. The van der Waals surface area contributed by atoms with Gasteiger partial charge in [0.05, 0.1) is 10.7 Å². The molecular formula is C13H18OS4. The molecule has 0 saturated heterocycles. The van der Waals surface area contributed by atoms with Gasteiger partial charge >= 0.3 is 0 Å². The number of ether oxygens (including phenoxy) is 1. The fourth-order valence-corrected chi connectivity index (χ4v) is 5.69. The van der Waals surface area contributed by atoms with Crippen LogP contribution in [-0.2, 0) is 4.08 Å². The fourth-order valence-electron chi connectivity index (χ4n) is 2.28. The summed E-state index contributed by atoms with van der Waals surface area (Å²) in [5, 5.41) is 0. The first kappa shape index (κ1) is 14.8. The molecule has 1 aromatic carbocycles. The van der Waals surface area contributed by atoms with E-state index in [9.17, 15) is 0 Å². The van der Waals surface area contributed by atoms with Gasteiger partial charge in [0.25, 0.3) is 0 Å². The summed E-state index contributed by atoms with van der Waals surface area (Å²) in [6.07, 6.45) is 9.76. The van der Waals surface area contributed by atoms with Crippen LogP contribution in [0.25, 0.3) is 0 Å². The van der Waals surface area contributed by atoms with E-state index in [-0.39, 0.29) is 4.08 Å². The van der Waals surface area contributed by atoms with Crippen molar-refractivity contribution in [3.05, 3.63) is 17.7 Å². The van der Waals surface area contributed by atoms with Gasteiger partial charge in [0.1, 0.15) is 5.75 Å². The van der Waals surface area contributed by atoms with Crippen molar-refractivity contribution in [1.82, 2.24) is 0 Å². The van der Waals surface area contributed by atoms with Crippen LogP contribution in [0.2, 0.25) is 0 Å².